The number of rotatable bonds is 9. The number of benzene rings is 2. The Morgan fingerprint density at radius 3 is 2.15 bits per heavy atom. The molecule has 144 valence electrons. The van der Waals surface area contributed by atoms with Crippen molar-refractivity contribution in [2.45, 2.75) is 20.0 Å². The minimum Gasteiger partial charge on any atom is -0.497 e. The zero-order valence-electron chi connectivity index (χ0n) is 15.7. The van der Waals surface area contributed by atoms with E-state index in [1.807, 2.05) is 6.92 Å². The molecule has 2 rings (SSSR count). The van der Waals surface area contributed by atoms with E-state index in [1.165, 1.54) is 0 Å². The van der Waals surface area contributed by atoms with Crippen LogP contribution in [0.3, 0.4) is 0 Å². The molecule has 1 atom stereocenters. The molecule has 0 radical (unpaired) electrons. The third kappa shape index (κ3) is 6.54. The van der Waals surface area contributed by atoms with E-state index >= 15 is 0 Å². The number of carbonyl (C=O) groups is 2. The summed E-state index contributed by atoms with van der Waals surface area (Å²) >= 11 is 0. The van der Waals surface area contributed by atoms with Crippen LogP contribution in [0, 0.1) is 0 Å². The van der Waals surface area contributed by atoms with Crippen LogP contribution in [0.2, 0.25) is 0 Å². The highest BCUT2D eigenvalue weighted by Crippen LogP contribution is 2.18. The average molecular weight is 372 g/mol. The van der Waals surface area contributed by atoms with Gasteiger partial charge >= 0.3 is 0 Å². The Bertz CT molecular complexity index is 744. The van der Waals surface area contributed by atoms with Crippen LogP contribution >= 0.6 is 0 Å². The molecule has 0 heterocycles. The first kappa shape index (κ1) is 20.1. The fourth-order valence-corrected chi connectivity index (χ4v) is 2.23. The van der Waals surface area contributed by atoms with Crippen molar-refractivity contribution in [2.24, 2.45) is 0 Å². The summed E-state index contributed by atoms with van der Waals surface area (Å²) in [6, 6.07) is 13.9. The van der Waals surface area contributed by atoms with E-state index in [1.54, 1.807) is 62.6 Å². The molecule has 7 heteroatoms. The largest absolute Gasteiger partial charge is 0.497 e. The van der Waals surface area contributed by atoms with Crippen LogP contribution in [0.15, 0.2) is 48.5 Å². The topological polar surface area (TPSA) is 85.9 Å². The van der Waals surface area contributed by atoms with E-state index in [4.69, 9.17) is 14.2 Å². The Labute approximate surface area is 158 Å². The predicted molar refractivity (Wildman–Crippen MR) is 102 cm³/mol. The van der Waals surface area contributed by atoms with Gasteiger partial charge in [-0.2, -0.15) is 0 Å². The van der Waals surface area contributed by atoms with Gasteiger partial charge in [-0.05, 0) is 62.4 Å². The first-order valence-electron chi connectivity index (χ1n) is 8.63. The van der Waals surface area contributed by atoms with Crippen LogP contribution in [0.25, 0.3) is 0 Å². The fourth-order valence-electron chi connectivity index (χ4n) is 2.23. The quantitative estimate of drug-likeness (QED) is 0.707. The number of amides is 2. The molecule has 2 aromatic carbocycles. The highest BCUT2D eigenvalue weighted by molar-refractivity contribution is 5.95. The summed E-state index contributed by atoms with van der Waals surface area (Å²) in [5, 5.41) is 5.26. The number of ether oxygens (including phenoxy) is 3. The van der Waals surface area contributed by atoms with Gasteiger partial charge in [0.25, 0.3) is 5.91 Å². The lowest BCUT2D eigenvalue weighted by atomic mass is 10.3. The molecule has 2 amide bonds. The molecule has 0 bridgehead atoms. The Balaban J connectivity index is 1.76. The van der Waals surface area contributed by atoms with Crippen molar-refractivity contribution in [1.29, 1.82) is 0 Å². The second-order valence-corrected chi connectivity index (χ2v) is 5.66. The number of carbonyl (C=O) groups excluding carboxylic acids is 2. The summed E-state index contributed by atoms with van der Waals surface area (Å²) in [6.45, 7) is 3.94. The number of nitrogens with one attached hydrogen (secondary N) is 2. The minimum atomic E-state index is -0.739. The van der Waals surface area contributed by atoms with Gasteiger partial charge in [0.15, 0.2) is 6.10 Å². The lowest BCUT2D eigenvalue weighted by Crippen LogP contribution is -2.40. The fraction of sp³-hybridized carbons (Fsp3) is 0.300. The Kier molecular flexibility index (Phi) is 7.49. The van der Waals surface area contributed by atoms with E-state index in [2.05, 4.69) is 10.6 Å². The molecule has 7 nitrogen and oxygen atoms in total. The molecule has 0 saturated heterocycles. The second-order valence-electron chi connectivity index (χ2n) is 5.66. The average Bonchev–Trinajstić information content (AvgIpc) is 2.68. The van der Waals surface area contributed by atoms with Gasteiger partial charge in [-0.3, -0.25) is 9.59 Å². The molecule has 0 aliphatic heterocycles. The van der Waals surface area contributed by atoms with E-state index in [-0.39, 0.29) is 18.4 Å². The Morgan fingerprint density at radius 1 is 0.963 bits per heavy atom. The van der Waals surface area contributed by atoms with E-state index in [0.717, 1.165) is 5.75 Å². The zero-order valence-corrected chi connectivity index (χ0v) is 15.7. The normalized spacial score (nSPS) is 11.2. The third-order valence-electron chi connectivity index (χ3n) is 3.61. The van der Waals surface area contributed by atoms with Gasteiger partial charge in [0, 0.05) is 5.69 Å². The molecular weight excluding hydrogens is 348 g/mol. The summed E-state index contributed by atoms with van der Waals surface area (Å²) < 4.78 is 16.0. The standard InChI is InChI=1S/C20H24N2O5/c1-4-26-17-7-5-15(6-8-17)22-19(23)13-21-20(24)14(2)27-18-11-9-16(25-3)10-12-18/h5-12,14H,4,13H2,1-3H3,(H,21,24)(H,22,23). The van der Waals surface area contributed by atoms with Gasteiger partial charge in [0.1, 0.15) is 17.2 Å². The van der Waals surface area contributed by atoms with Gasteiger partial charge in [-0.1, -0.05) is 0 Å². The van der Waals surface area contributed by atoms with Crippen LogP contribution in [0.4, 0.5) is 5.69 Å². The monoisotopic (exact) mass is 372 g/mol. The molecule has 27 heavy (non-hydrogen) atoms. The molecule has 0 aliphatic rings. The molecule has 2 aromatic rings. The number of anilines is 1. The van der Waals surface area contributed by atoms with E-state index < -0.39 is 6.10 Å². The lowest BCUT2D eigenvalue weighted by molar-refractivity contribution is -0.129. The first-order valence-corrected chi connectivity index (χ1v) is 8.63. The summed E-state index contributed by atoms with van der Waals surface area (Å²) in [5.74, 6) is 1.26. The molecule has 0 saturated carbocycles. The second kappa shape index (κ2) is 10.1. The molecule has 0 aromatic heterocycles. The van der Waals surface area contributed by atoms with Gasteiger partial charge in [0.05, 0.1) is 20.3 Å². The van der Waals surface area contributed by atoms with Gasteiger partial charge < -0.3 is 24.8 Å². The van der Waals surface area contributed by atoms with Crippen molar-refractivity contribution in [2.75, 3.05) is 25.6 Å². The maximum Gasteiger partial charge on any atom is 0.261 e. The maximum atomic E-state index is 12.1. The summed E-state index contributed by atoms with van der Waals surface area (Å²) in [4.78, 5) is 24.1. The smallest absolute Gasteiger partial charge is 0.261 e. The van der Waals surface area contributed by atoms with Gasteiger partial charge in [0.2, 0.25) is 5.91 Å². The third-order valence-corrected chi connectivity index (χ3v) is 3.61. The first-order chi connectivity index (χ1) is 13.0. The summed E-state index contributed by atoms with van der Waals surface area (Å²) in [6.07, 6.45) is -0.739. The molecule has 0 aliphatic carbocycles. The summed E-state index contributed by atoms with van der Waals surface area (Å²) in [7, 11) is 1.57. The Morgan fingerprint density at radius 2 is 1.56 bits per heavy atom. The van der Waals surface area contributed by atoms with Crippen LogP contribution in [-0.4, -0.2) is 38.2 Å². The van der Waals surface area contributed by atoms with Gasteiger partial charge in [-0.15, -0.1) is 0 Å². The van der Waals surface area contributed by atoms with Crippen molar-refractivity contribution in [3.63, 3.8) is 0 Å². The number of methoxy groups -OCH3 is 1. The zero-order chi connectivity index (χ0) is 19.6. The van der Waals surface area contributed by atoms with Crippen LogP contribution in [-0.2, 0) is 9.59 Å². The number of hydrogen-bond acceptors (Lipinski definition) is 5. The van der Waals surface area contributed by atoms with Crippen LogP contribution < -0.4 is 24.8 Å². The molecule has 0 spiro atoms. The molecular formula is C20H24N2O5. The number of hydrogen-bond donors (Lipinski definition) is 2. The lowest BCUT2D eigenvalue weighted by Gasteiger charge is -2.15. The van der Waals surface area contributed by atoms with Crippen molar-refractivity contribution in [3.8, 4) is 17.2 Å². The van der Waals surface area contributed by atoms with Crippen molar-refractivity contribution in [1.82, 2.24) is 5.32 Å². The minimum absolute atomic E-state index is 0.150. The maximum absolute atomic E-state index is 12.1. The van der Waals surface area contributed by atoms with E-state index in [0.29, 0.717) is 23.8 Å². The molecule has 1 unspecified atom stereocenters. The SMILES string of the molecule is CCOc1ccc(NC(=O)CNC(=O)C(C)Oc2ccc(OC)cc2)cc1. The van der Waals surface area contributed by atoms with Gasteiger partial charge in [-0.25, -0.2) is 0 Å². The predicted octanol–water partition coefficient (Wildman–Crippen LogP) is 2.62. The summed E-state index contributed by atoms with van der Waals surface area (Å²) in [5.41, 5.74) is 0.625. The van der Waals surface area contributed by atoms with Crippen molar-refractivity contribution in [3.05, 3.63) is 48.5 Å². The van der Waals surface area contributed by atoms with Crippen LogP contribution in [0.5, 0.6) is 17.2 Å². The molecule has 2 N–H and O–H groups in total. The van der Waals surface area contributed by atoms with Crippen molar-refractivity contribution < 1.29 is 23.8 Å². The highest BCUT2D eigenvalue weighted by atomic mass is 16.5. The van der Waals surface area contributed by atoms with Crippen molar-refractivity contribution >= 4 is 17.5 Å². The molecule has 0 fully saturated rings. The highest BCUT2D eigenvalue weighted by Gasteiger charge is 2.15. The van der Waals surface area contributed by atoms with E-state index in [9.17, 15) is 9.59 Å². The Hall–Kier alpha value is -3.22. The van der Waals surface area contributed by atoms with Crippen LogP contribution in [0.1, 0.15) is 13.8 Å².